The molecule has 1 aliphatic rings. The molecule has 3 rings (SSSR count). The van der Waals surface area contributed by atoms with Crippen LogP contribution >= 0.6 is 0 Å². The van der Waals surface area contributed by atoms with Crippen LogP contribution < -0.4 is 11.0 Å². The molecule has 1 aliphatic heterocycles. The predicted molar refractivity (Wildman–Crippen MR) is 279 cm³/mol. The van der Waals surface area contributed by atoms with Crippen LogP contribution in [-0.4, -0.2) is 9.55 Å². The van der Waals surface area contributed by atoms with Gasteiger partial charge in [0.2, 0.25) is 0 Å². The van der Waals surface area contributed by atoms with Crippen LogP contribution in [0.3, 0.4) is 0 Å². The van der Waals surface area contributed by atoms with E-state index in [1.807, 2.05) is 7.05 Å². The number of benzene rings is 1. The first-order chi connectivity index (χ1) is 31.1. The summed E-state index contributed by atoms with van der Waals surface area (Å²) >= 11 is 0. The van der Waals surface area contributed by atoms with Crippen molar-refractivity contribution in [3.8, 4) is 0 Å². The lowest BCUT2D eigenvalue weighted by atomic mass is 9.80. The van der Waals surface area contributed by atoms with E-state index in [9.17, 15) is 4.79 Å². The molecule has 1 aromatic carbocycles. The number of fused-ring (bicyclic) bond motifs is 2. The van der Waals surface area contributed by atoms with Crippen molar-refractivity contribution in [3.63, 3.8) is 0 Å². The van der Waals surface area contributed by atoms with E-state index in [4.69, 9.17) is 0 Å². The number of hydrogen-bond donors (Lipinski definition) is 1. The van der Waals surface area contributed by atoms with E-state index in [-0.39, 0.29) is 5.69 Å². The van der Waals surface area contributed by atoms with Gasteiger partial charge in [0.05, 0.1) is 0 Å². The SMILES string of the molecule is CCCCCCCCCCCCCCCCCc1ccc2c(c1CCCCCCCCCCCCCCCC)Nc1nc(=O)n(C)cc1C2CCCCCCCCCCCCCC. The molecule has 0 fully saturated rings. The second kappa shape index (κ2) is 38.1. The molecule has 1 unspecified atom stereocenters. The Labute approximate surface area is 392 Å². The van der Waals surface area contributed by atoms with Gasteiger partial charge in [-0.2, -0.15) is 4.98 Å². The van der Waals surface area contributed by atoms with Crippen LogP contribution in [0.15, 0.2) is 23.1 Å². The van der Waals surface area contributed by atoms with Crippen molar-refractivity contribution in [2.24, 2.45) is 7.05 Å². The molecule has 2 heterocycles. The number of hydrogen-bond acceptors (Lipinski definition) is 3. The van der Waals surface area contributed by atoms with E-state index < -0.39 is 0 Å². The summed E-state index contributed by atoms with van der Waals surface area (Å²) in [7, 11) is 1.87. The highest BCUT2D eigenvalue weighted by Crippen LogP contribution is 2.45. The number of aryl methyl sites for hydroxylation is 2. The predicted octanol–water partition coefficient (Wildman–Crippen LogP) is 19.5. The average molecular weight is 873 g/mol. The summed E-state index contributed by atoms with van der Waals surface area (Å²) in [6, 6.07) is 4.98. The lowest BCUT2D eigenvalue weighted by Gasteiger charge is -2.31. The molecule has 0 radical (unpaired) electrons. The molecule has 0 aliphatic carbocycles. The Morgan fingerprint density at radius 3 is 1.19 bits per heavy atom. The third kappa shape index (κ3) is 24.8. The Hall–Kier alpha value is -2.10. The van der Waals surface area contributed by atoms with Crippen molar-refractivity contribution >= 4 is 11.5 Å². The summed E-state index contributed by atoms with van der Waals surface area (Å²) in [5.41, 5.74) is 6.89. The smallest absolute Gasteiger partial charge is 0.339 e. The number of aromatic nitrogens is 2. The molecule has 63 heavy (non-hydrogen) atoms. The first-order valence-corrected chi connectivity index (χ1v) is 28.6. The van der Waals surface area contributed by atoms with E-state index >= 15 is 0 Å². The van der Waals surface area contributed by atoms with Crippen molar-refractivity contribution in [3.05, 3.63) is 51.1 Å². The van der Waals surface area contributed by atoms with Gasteiger partial charge in [0, 0.05) is 30.4 Å². The van der Waals surface area contributed by atoms with E-state index in [1.54, 1.807) is 10.1 Å². The van der Waals surface area contributed by atoms with E-state index in [0.29, 0.717) is 5.92 Å². The monoisotopic (exact) mass is 872 g/mol. The molecular formula is C59H105N3O. The fraction of sp³-hybridized carbons (Fsp3) is 0.831. The number of anilines is 2. The Balaban J connectivity index is 1.54. The van der Waals surface area contributed by atoms with Gasteiger partial charge >= 0.3 is 5.69 Å². The minimum absolute atomic E-state index is 0.156. The third-order valence-electron chi connectivity index (χ3n) is 14.7. The third-order valence-corrected chi connectivity index (χ3v) is 14.7. The van der Waals surface area contributed by atoms with E-state index in [1.165, 1.54) is 292 Å². The normalized spacial score (nSPS) is 13.4. The highest BCUT2D eigenvalue weighted by molar-refractivity contribution is 5.75. The molecule has 0 bridgehead atoms. The van der Waals surface area contributed by atoms with Crippen LogP contribution in [0.1, 0.15) is 319 Å². The minimum Gasteiger partial charge on any atom is -0.339 e. The molecule has 0 saturated carbocycles. The van der Waals surface area contributed by atoms with Gasteiger partial charge in [-0.05, 0) is 48.8 Å². The number of rotatable bonds is 44. The van der Waals surface area contributed by atoms with Gasteiger partial charge in [0.15, 0.2) is 0 Å². The molecular weight excluding hydrogens is 767 g/mol. The summed E-state index contributed by atoms with van der Waals surface area (Å²) in [5.74, 6) is 1.12. The first kappa shape index (κ1) is 55.2. The topological polar surface area (TPSA) is 46.9 Å². The van der Waals surface area contributed by atoms with Gasteiger partial charge in [0.25, 0.3) is 0 Å². The van der Waals surface area contributed by atoms with Gasteiger partial charge in [-0.15, -0.1) is 0 Å². The van der Waals surface area contributed by atoms with Crippen LogP contribution in [0.5, 0.6) is 0 Å². The minimum atomic E-state index is -0.156. The number of nitrogens with one attached hydrogen (secondary N) is 1. The molecule has 362 valence electrons. The number of nitrogens with zero attached hydrogens (tertiary/aromatic N) is 2. The summed E-state index contributed by atoms with van der Waals surface area (Å²) in [5, 5.41) is 3.82. The second-order valence-electron chi connectivity index (χ2n) is 20.5. The zero-order chi connectivity index (χ0) is 44.8. The zero-order valence-corrected chi connectivity index (χ0v) is 42.7. The quantitative estimate of drug-likeness (QED) is 0.0675. The molecule has 0 spiro atoms. The fourth-order valence-corrected chi connectivity index (χ4v) is 10.6. The molecule has 0 saturated heterocycles. The average Bonchev–Trinajstić information content (AvgIpc) is 3.28. The second-order valence-corrected chi connectivity index (χ2v) is 20.5. The maximum absolute atomic E-state index is 12.9. The Morgan fingerprint density at radius 2 is 0.794 bits per heavy atom. The van der Waals surface area contributed by atoms with Gasteiger partial charge < -0.3 is 9.88 Å². The van der Waals surface area contributed by atoms with Gasteiger partial charge in [-0.25, -0.2) is 4.79 Å². The Kier molecular flexibility index (Phi) is 33.4. The standard InChI is InChI=1S/C59H105N3O/c1-5-8-11-14-17-20-23-26-28-29-31-34-37-40-43-46-52-49-50-55-54(48-45-42-39-36-32-25-22-19-16-13-10-7-3)56-51-62(4)59(63)61-58(56)60-57(55)53(52)47-44-41-38-35-33-30-27-24-21-18-15-12-9-6-2/h49-51,54H,5-48H2,1-4H3,(H,60,61,63). The van der Waals surface area contributed by atoms with Crippen molar-refractivity contribution in [2.45, 2.75) is 309 Å². The molecule has 1 aromatic heterocycles. The molecule has 1 N–H and O–H groups in total. The fourth-order valence-electron chi connectivity index (χ4n) is 10.6. The van der Waals surface area contributed by atoms with E-state index in [0.717, 1.165) is 18.7 Å². The van der Waals surface area contributed by atoms with Crippen LogP contribution in [-0.2, 0) is 19.9 Å². The highest BCUT2D eigenvalue weighted by Gasteiger charge is 2.29. The van der Waals surface area contributed by atoms with Crippen LogP contribution in [0.2, 0.25) is 0 Å². The Morgan fingerprint density at radius 1 is 0.444 bits per heavy atom. The van der Waals surface area contributed by atoms with Crippen molar-refractivity contribution < 1.29 is 0 Å². The van der Waals surface area contributed by atoms with Gasteiger partial charge in [-0.3, -0.25) is 0 Å². The zero-order valence-electron chi connectivity index (χ0n) is 42.7. The summed E-state index contributed by atoms with van der Waals surface area (Å²) in [4.78, 5) is 17.6. The molecule has 4 nitrogen and oxygen atoms in total. The lowest BCUT2D eigenvalue weighted by molar-refractivity contribution is 0.531. The maximum Gasteiger partial charge on any atom is 0.349 e. The molecule has 2 aromatic rings. The lowest BCUT2D eigenvalue weighted by Crippen LogP contribution is -2.26. The van der Waals surface area contributed by atoms with Gasteiger partial charge in [0.1, 0.15) is 5.82 Å². The molecule has 0 amide bonds. The first-order valence-electron chi connectivity index (χ1n) is 28.6. The van der Waals surface area contributed by atoms with Crippen molar-refractivity contribution in [2.75, 3.05) is 5.32 Å². The number of unbranched alkanes of at least 4 members (excludes halogenated alkanes) is 38. The van der Waals surface area contributed by atoms with Crippen molar-refractivity contribution in [1.29, 1.82) is 0 Å². The Bertz CT molecular complexity index is 1430. The van der Waals surface area contributed by atoms with Gasteiger partial charge in [-0.1, -0.05) is 283 Å². The van der Waals surface area contributed by atoms with Crippen LogP contribution in [0, 0.1) is 0 Å². The van der Waals surface area contributed by atoms with Crippen LogP contribution in [0.4, 0.5) is 11.5 Å². The summed E-state index contributed by atoms with van der Waals surface area (Å²) < 4.78 is 1.70. The van der Waals surface area contributed by atoms with Crippen molar-refractivity contribution in [1.82, 2.24) is 9.55 Å². The van der Waals surface area contributed by atoms with Crippen LogP contribution in [0.25, 0.3) is 0 Å². The molecule has 1 atom stereocenters. The molecule has 4 heteroatoms. The summed E-state index contributed by atoms with van der Waals surface area (Å²) in [6.07, 6.45) is 62.6. The maximum atomic E-state index is 12.9. The largest absolute Gasteiger partial charge is 0.349 e. The highest BCUT2D eigenvalue weighted by atomic mass is 16.1. The summed E-state index contributed by atoms with van der Waals surface area (Å²) in [6.45, 7) is 6.92. The van der Waals surface area contributed by atoms with E-state index in [2.05, 4.69) is 49.4 Å².